The monoisotopic (exact) mass is 292 g/mol. The summed E-state index contributed by atoms with van der Waals surface area (Å²) in [6, 6.07) is 3.24. The maximum absolute atomic E-state index is 10.6. The molecule has 0 atom stereocenters. The summed E-state index contributed by atoms with van der Waals surface area (Å²) in [6.07, 6.45) is 4.08. The first kappa shape index (κ1) is 12.0. The van der Waals surface area contributed by atoms with E-state index in [4.69, 9.17) is 0 Å². The van der Waals surface area contributed by atoms with Gasteiger partial charge in [0.05, 0.1) is 26.8 Å². The summed E-state index contributed by atoms with van der Waals surface area (Å²) in [5.74, 6) is 0. The van der Waals surface area contributed by atoms with E-state index < -0.39 is 0 Å². The second-order valence-corrected chi connectivity index (χ2v) is 5.78. The van der Waals surface area contributed by atoms with E-state index in [0.717, 1.165) is 32.6 Å². The molecule has 0 radical (unpaired) electrons. The lowest BCUT2D eigenvalue weighted by Crippen LogP contribution is -1.86. The van der Waals surface area contributed by atoms with Gasteiger partial charge in [-0.1, -0.05) is 11.3 Å². The van der Waals surface area contributed by atoms with Gasteiger partial charge < -0.3 is 4.98 Å². The van der Waals surface area contributed by atoms with Crippen molar-refractivity contribution in [1.29, 1.82) is 0 Å². The van der Waals surface area contributed by atoms with Crippen molar-refractivity contribution >= 4 is 27.7 Å². The lowest BCUT2D eigenvalue weighted by molar-refractivity contribution is -0.380. The van der Waals surface area contributed by atoms with E-state index in [0.29, 0.717) is 6.42 Å². The van der Waals surface area contributed by atoms with Crippen LogP contribution in [0.1, 0.15) is 10.7 Å². The minimum atomic E-state index is -0.383. The third-order valence-electron chi connectivity index (χ3n) is 2.47. The van der Waals surface area contributed by atoms with Gasteiger partial charge in [-0.25, -0.2) is 9.97 Å². The lowest BCUT2D eigenvalue weighted by Gasteiger charge is -1.91. The van der Waals surface area contributed by atoms with Crippen molar-refractivity contribution in [3.63, 3.8) is 0 Å². The molecule has 0 bridgehead atoms. The average molecular weight is 292 g/mol. The van der Waals surface area contributed by atoms with Crippen LogP contribution in [0, 0.1) is 10.1 Å². The number of hydrogen-bond donors (Lipinski definition) is 1. The summed E-state index contributed by atoms with van der Waals surface area (Å²) >= 11 is 2.68. The van der Waals surface area contributed by atoms with E-state index in [1.807, 2.05) is 5.38 Å². The Morgan fingerprint density at radius 1 is 1.42 bits per heavy atom. The molecule has 0 saturated carbocycles. The van der Waals surface area contributed by atoms with Gasteiger partial charge in [0.1, 0.15) is 0 Å². The van der Waals surface area contributed by atoms with Gasteiger partial charge in [-0.2, -0.15) is 0 Å². The van der Waals surface area contributed by atoms with Gasteiger partial charge in [-0.05, 0) is 6.07 Å². The minimum absolute atomic E-state index is 0.137. The number of aromatic amines is 1. The van der Waals surface area contributed by atoms with Crippen molar-refractivity contribution < 1.29 is 4.92 Å². The molecule has 0 aliphatic heterocycles. The van der Waals surface area contributed by atoms with E-state index in [1.54, 1.807) is 18.6 Å². The fourth-order valence-corrected chi connectivity index (χ4v) is 3.29. The molecule has 0 amide bonds. The largest absolute Gasteiger partial charge is 0.348 e. The highest BCUT2D eigenvalue weighted by Crippen LogP contribution is 2.33. The number of thiophene rings is 1. The van der Waals surface area contributed by atoms with Crippen molar-refractivity contribution in [3.05, 3.63) is 50.9 Å². The van der Waals surface area contributed by atoms with Crippen molar-refractivity contribution in [2.24, 2.45) is 0 Å². The molecule has 0 aliphatic carbocycles. The second-order valence-electron chi connectivity index (χ2n) is 3.78. The van der Waals surface area contributed by atoms with Crippen LogP contribution in [0.4, 0.5) is 5.00 Å². The fraction of sp³-hybridized carbons (Fsp3) is 0.0909. The maximum Gasteiger partial charge on any atom is 0.324 e. The summed E-state index contributed by atoms with van der Waals surface area (Å²) in [4.78, 5) is 22.5. The van der Waals surface area contributed by atoms with Crippen LogP contribution in [0.15, 0.2) is 30.0 Å². The summed E-state index contributed by atoms with van der Waals surface area (Å²) in [7, 11) is 0. The number of thiazole rings is 1. The van der Waals surface area contributed by atoms with Crippen LogP contribution in [0.5, 0.6) is 0 Å². The first-order valence-corrected chi connectivity index (χ1v) is 7.08. The Hall–Kier alpha value is -2.06. The normalized spacial score (nSPS) is 10.7. The van der Waals surface area contributed by atoms with Crippen molar-refractivity contribution in [1.82, 2.24) is 15.0 Å². The molecular formula is C11H8N4O2S2. The van der Waals surface area contributed by atoms with Crippen molar-refractivity contribution in [3.8, 4) is 10.6 Å². The second kappa shape index (κ2) is 4.90. The molecule has 0 aliphatic rings. The standard InChI is InChI=1S/C11H8N4O2S2/c16-15(17)11-2-1-9(19-11)8-5-18-10(14-8)3-7-4-12-6-13-7/h1-2,4-6H,3H2,(H,12,13). The van der Waals surface area contributed by atoms with Crippen molar-refractivity contribution in [2.75, 3.05) is 0 Å². The van der Waals surface area contributed by atoms with Gasteiger partial charge in [-0.3, -0.25) is 10.1 Å². The van der Waals surface area contributed by atoms with Crippen LogP contribution in [-0.2, 0) is 6.42 Å². The summed E-state index contributed by atoms with van der Waals surface area (Å²) in [6.45, 7) is 0. The molecule has 3 heterocycles. The Bertz CT molecular complexity index is 702. The van der Waals surface area contributed by atoms with Crippen LogP contribution in [0.3, 0.4) is 0 Å². The Labute approximate surface area is 115 Å². The number of H-pyrrole nitrogens is 1. The first-order chi connectivity index (χ1) is 9.22. The number of nitrogens with one attached hydrogen (secondary N) is 1. The van der Waals surface area contributed by atoms with Crippen LogP contribution < -0.4 is 0 Å². The molecule has 1 N–H and O–H groups in total. The molecule has 6 nitrogen and oxygen atoms in total. The fourth-order valence-electron chi connectivity index (χ4n) is 1.61. The third kappa shape index (κ3) is 2.54. The van der Waals surface area contributed by atoms with E-state index >= 15 is 0 Å². The molecule has 0 unspecified atom stereocenters. The smallest absolute Gasteiger partial charge is 0.324 e. The lowest BCUT2D eigenvalue weighted by atomic mass is 10.3. The Morgan fingerprint density at radius 2 is 2.32 bits per heavy atom. The Kier molecular flexibility index (Phi) is 3.10. The molecule has 0 saturated heterocycles. The third-order valence-corrected chi connectivity index (χ3v) is 4.38. The van der Waals surface area contributed by atoms with Crippen LogP contribution in [-0.4, -0.2) is 19.9 Å². The highest BCUT2D eigenvalue weighted by Gasteiger charge is 2.13. The van der Waals surface area contributed by atoms with Crippen LogP contribution in [0.2, 0.25) is 0 Å². The van der Waals surface area contributed by atoms with E-state index in [9.17, 15) is 10.1 Å². The quantitative estimate of drug-likeness (QED) is 0.591. The molecule has 8 heteroatoms. The summed E-state index contributed by atoms with van der Waals surface area (Å²) in [5.41, 5.74) is 1.79. The molecular weight excluding hydrogens is 284 g/mol. The zero-order valence-corrected chi connectivity index (χ0v) is 11.2. The summed E-state index contributed by atoms with van der Waals surface area (Å²) < 4.78 is 0. The van der Waals surface area contributed by atoms with Gasteiger partial charge in [-0.15, -0.1) is 11.3 Å². The van der Waals surface area contributed by atoms with E-state index in [2.05, 4.69) is 15.0 Å². The van der Waals surface area contributed by atoms with Crippen molar-refractivity contribution in [2.45, 2.75) is 6.42 Å². The number of nitrogens with zero attached hydrogens (tertiary/aromatic N) is 3. The highest BCUT2D eigenvalue weighted by molar-refractivity contribution is 7.19. The number of rotatable bonds is 4. The molecule has 0 fully saturated rings. The van der Waals surface area contributed by atoms with Gasteiger partial charge >= 0.3 is 5.00 Å². The molecule has 3 aromatic heterocycles. The topological polar surface area (TPSA) is 84.7 Å². The van der Waals surface area contributed by atoms with Gasteiger partial charge in [0.2, 0.25) is 0 Å². The molecule has 3 rings (SSSR count). The van der Waals surface area contributed by atoms with Crippen LogP contribution >= 0.6 is 22.7 Å². The van der Waals surface area contributed by atoms with E-state index in [1.165, 1.54) is 17.4 Å². The molecule has 96 valence electrons. The minimum Gasteiger partial charge on any atom is -0.348 e. The number of nitro groups is 1. The molecule has 0 aromatic carbocycles. The Balaban J connectivity index is 1.82. The highest BCUT2D eigenvalue weighted by atomic mass is 32.1. The Morgan fingerprint density at radius 3 is 3.00 bits per heavy atom. The predicted octanol–water partition coefficient (Wildman–Crippen LogP) is 3.09. The molecule has 3 aromatic rings. The summed E-state index contributed by atoms with van der Waals surface area (Å²) in [5, 5.41) is 13.7. The van der Waals surface area contributed by atoms with E-state index in [-0.39, 0.29) is 9.92 Å². The SMILES string of the molecule is O=[N+]([O-])c1ccc(-c2csc(Cc3cnc[nH]3)n2)s1. The number of imidazole rings is 1. The van der Waals surface area contributed by atoms with Gasteiger partial charge in [0, 0.05) is 29.8 Å². The van der Waals surface area contributed by atoms with Gasteiger partial charge in [0.25, 0.3) is 0 Å². The van der Waals surface area contributed by atoms with Gasteiger partial charge in [0.15, 0.2) is 0 Å². The first-order valence-electron chi connectivity index (χ1n) is 5.38. The maximum atomic E-state index is 10.6. The molecule has 0 spiro atoms. The molecule has 19 heavy (non-hydrogen) atoms. The number of hydrogen-bond acceptors (Lipinski definition) is 6. The average Bonchev–Trinajstić information content (AvgIpc) is 3.09. The number of aromatic nitrogens is 3. The van der Waals surface area contributed by atoms with Crippen LogP contribution in [0.25, 0.3) is 10.6 Å². The predicted molar refractivity (Wildman–Crippen MR) is 73.5 cm³/mol. The zero-order chi connectivity index (χ0) is 13.2. The zero-order valence-electron chi connectivity index (χ0n) is 9.57.